The summed E-state index contributed by atoms with van der Waals surface area (Å²) in [4.78, 5) is 2.59. The van der Waals surface area contributed by atoms with Gasteiger partial charge in [-0.3, -0.25) is 0 Å². The van der Waals surface area contributed by atoms with Crippen LogP contribution in [0, 0.1) is 6.92 Å². The first-order valence-corrected chi connectivity index (χ1v) is 7.34. The molecule has 2 heteroatoms. The maximum Gasteiger partial charge on any atom is 0.0430 e. The maximum absolute atomic E-state index is 6.34. The highest BCUT2D eigenvalue weighted by Crippen LogP contribution is 2.27. The van der Waals surface area contributed by atoms with E-state index in [4.69, 9.17) is 5.73 Å². The van der Waals surface area contributed by atoms with Crippen LogP contribution in [0.3, 0.4) is 0 Å². The van der Waals surface area contributed by atoms with E-state index in [1.165, 1.54) is 26.1 Å². The fraction of sp³-hybridized carbons (Fsp3) is 0.176. The molecule has 3 rings (SSSR count). The minimum absolute atomic E-state index is 0.0875. The smallest absolute Gasteiger partial charge is 0.0430 e. The van der Waals surface area contributed by atoms with E-state index in [0.29, 0.717) is 0 Å². The Morgan fingerprint density at radius 2 is 1.79 bits per heavy atom. The third kappa shape index (κ3) is 2.55. The lowest BCUT2D eigenvalue weighted by Crippen LogP contribution is -2.11. The highest BCUT2D eigenvalue weighted by molar-refractivity contribution is 7.12. The Bertz CT molecular complexity index is 694. The van der Waals surface area contributed by atoms with Crippen molar-refractivity contribution < 1.29 is 0 Å². The predicted octanol–water partition coefficient (Wildman–Crippen LogP) is 4.45. The molecule has 19 heavy (non-hydrogen) atoms. The zero-order valence-corrected chi connectivity index (χ0v) is 11.8. The Hall–Kier alpha value is -1.64. The number of fused-ring (bicyclic) bond motifs is 1. The summed E-state index contributed by atoms with van der Waals surface area (Å²) in [5.74, 6) is 0. The molecule has 1 nitrogen and oxygen atoms in total. The van der Waals surface area contributed by atoms with Gasteiger partial charge in [-0.1, -0.05) is 42.5 Å². The molecule has 0 aliphatic rings. The molecule has 0 radical (unpaired) electrons. The molecule has 0 aliphatic heterocycles. The molecule has 0 aliphatic carbocycles. The SMILES string of the molecule is Cc1ccc(C(N)Cc2cccc3ccccc23)s1. The summed E-state index contributed by atoms with van der Waals surface area (Å²) in [5.41, 5.74) is 7.67. The zero-order valence-electron chi connectivity index (χ0n) is 11.0. The molecular weight excluding hydrogens is 250 g/mol. The molecule has 1 aromatic heterocycles. The second-order valence-electron chi connectivity index (χ2n) is 4.90. The Kier molecular flexibility index (Phi) is 3.36. The molecule has 0 fully saturated rings. The normalized spacial score (nSPS) is 12.7. The van der Waals surface area contributed by atoms with Crippen LogP contribution in [-0.2, 0) is 6.42 Å². The summed E-state index contributed by atoms with van der Waals surface area (Å²) in [7, 11) is 0. The first-order chi connectivity index (χ1) is 9.24. The lowest BCUT2D eigenvalue weighted by Gasteiger charge is -2.12. The highest BCUT2D eigenvalue weighted by Gasteiger charge is 2.10. The molecule has 0 saturated heterocycles. The van der Waals surface area contributed by atoms with E-state index < -0.39 is 0 Å². The van der Waals surface area contributed by atoms with Crippen LogP contribution in [-0.4, -0.2) is 0 Å². The van der Waals surface area contributed by atoms with Gasteiger partial charge < -0.3 is 5.73 Å². The maximum atomic E-state index is 6.34. The van der Waals surface area contributed by atoms with E-state index >= 15 is 0 Å². The van der Waals surface area contributed by atoms with Crippen molar-refractivity contribution >= 4 is 22.1 Å². The topological polar surface area (TPSA) is 26.0 Å². The summed E-state index contributed by atoms with van der Waals surface area (Å²) in [6.07, 6.45) is 0.890. The van der Waals surface area contributed by atoms with Crippen molar-refractivity contribution in [2.24, 2.45) is 5.73 Å². The number of nitrogens with two attached hydrogens (primary N) is 1. The minimum atomic E-state index is 0.0875. The van der Waals surface area contributed by atoms with Gasteiger partial charge in [-0.05, 0) is 41.8 Å². The van der Waals surface area contributed by atoms with Crippen LogP contribution in [0.1, 0.15) is 21.4 Å². The van der Waals surface area contributed by atoms with Crippen LogP contribution in [0.4, 0.5) is 0 Å². The molecular formula is C17H17NS. The second-order valence-corrected chi connectivity index (χ2v) is 6.22. The van der Waals surface area contributed by atoms with Gasteiger partial charge in [-0.2, -0.15) is 0 Å². The van der Waals surface area contributed by atoms with Crippen molar-refractivity contribution in [2.45, 2.75) is 19.4 Å². The molecule has 96 valence electrons. The number of rotatable bonds is 3. The van der Waals surface area contributed by atoms with E-state index in [2.05, 4.69) is 61.5 Å². The summed E-state index contributed by atoms with van der Waals surface area (Å²) in [6.45, 7) is 2.12. The van der Waals surface area contributed by atoms with Crippen molar-refractivity contribution in [3.8, 4) is 0 Å². The lowest BCUT2D eigenvalue weighted by atomic mass is 9.98. The third-order valence-electron chi connectivity index (χ3n) is 3.45. The van der Waals surface area contributed by atoms with Gasteiger partial charge in [0.2, 0.25) is 0 Å². The third-order valence-corrected chi connectivity index (χ3v) is 4.58. The fourth-order valence-corrected chi connectivity index (χ4v) is 3.34. The number of benzene rings is 2. The Morgan fingerprint density at radius 1 is 1.00 bits per heavy atom. The van der Waals surface area contributed by atoms with E-state index in [0.717, 1.165) is 6.42 Å². The summed E-state index contributed by atoms with van der Waals surface area (Å²) in [5, 5.41) is 2.60. The van der Waals surface area contributed by atoms with Gasteiger partial charge in [0.25, 0.3) is 0 Å². The Morgan fingerprint density at radius 3 is 2.58 bits per heavy atom. The Labute approximate surface area is 117 Å². The molecule has 0 saturated carbocycles. The van der Waals surface area contributed by atoms with Crippen molar-refractivity contribution in [1.29, 1.82) is 0 Å². The van der Waals surface area contributed by atoms with E-state index in [1.807, 2.05) is 0 Å². The van der Waals surface area contributed by atoms with Gasteiger partial charge >= 0.3 is 0 Å². The monoisotopic (exact) mass is 267 g/mol. The minimum Gasteiger partial charge on any atom is -0.323 e. The van der Waals surface area contributed by atoms with Crippen molar-refractivity contribution in [2.75, 3.05) is 0 Å². The largest absolute Gasteiger partial charge is 0.323 e. The number of thiophene rings is 1. The molecule has 2 aromatic carbocycles. The van der Waals surface area contributed by atoms with Crippen molar-refractivity contribution in [3.05, 3.63) is 69.9 Å². The van der Waals surface area contributed by atoms with Crippen LogP contribution in [0.15, 0.2) is 54.6 Å². The first kappa shape index (κ1) is 12.4. The number of aryl methyl sites for hydroxylation is 1. The average molecular weight is 267 g/mol. The molecule has 1 heterocycles. The lowest BCUT2D eigenvalue weighted by molar-refractivity contribution is 0.740. The van der Waals surface area contributed by atoms with Crippen LogP contribution < -0.4 is 5.73 Å². The van der Waals surface area contributed by atoms with Crippen LogP contribution in [0.2, 0.25) is 0 Å². The van der Waals surface area contributed by atoms with Crippen LogP contribution in [0.5, 0.6) is 0 Å². The second kappa shape index (κ2) is 5.16. The van der Waals surface area contributed by atoms with Gasteiger partial charge in [-0.25, -0.2) is 0 Å². The van der Waals surface area contributed by atoms with Gasteiger partial charge in [0.15, 0.2) is 0 Å². The standard InChI is InChI=1S/C17H17NS/c1-12-9-10-17(19-12)16(18)11-14-7-4-6-13-5-2-3-8-15(13)14/h2-10,16H,11,18H2,1H3. The van der Waals surface area contributed by atoms with Crippen LogP contribution >= 0.6 is 11.3 Å². The molecule has 2 N–H and O–H groups in total. The number of hydrogen-bond donors (Lipinski definition) is 1. The highest BCUT2D eigenvalue weighted by atomic mass is 32.1. The van der Waals surface area contributed by atoms with Gasteiger partial charge in [0.05, 0.1) is 0 Å². The summed E-state index contributed by atoms with van der Waals surface area (Å²) >= 11 is 1.80. The fourth-order valence-electron chi connectivity index (χ4n) is 2.46. The molecule has 0 amide bonds. The summed E-state index contributed by atoms with van der Waals surface area (Å²) in [6, 6.07) is 19.3. The zero-order chi connectivity index (χ0) is 13.2. The van der Waals surface area contributed by atoms with Gasteiger partial charge in [0.1, 0.15) is 0 Å². The van der Waals surface area contributed by atoms with E-state index in [1.54, 1.807) is 11.3 Å². The summed E-state index contributed by atoms with van der Waals surface area (Å²) < 4.78 is 0. The van der Waals surface area contributed by atoms with E-state index in [9.17, 15) is 0 Å². The van der Waals surface area contributed by atoms with Crippen molar-refractivity contribution in [1.82, 2.24) is 0 Å². The molecule has 1 atom stereocenters. The molecule has 0 bridgehead atoms. The molecule has 1 unspecified atom stereocenters. The van der Waals surface area contributed by atoms with Crippen LogP contribution in [0.25, 0.3) is 10.8 Å². The average Bonchev–Trinajstić information content (AvgIpc) is 2.86. The van der Waals surface area contributed by atoms with Crippen molar-refractivity contribution in [3.63, 3.8) is 0 Å². The molecule has 3 aromatic rings. The molecule has 0 spiro atoms. The quantitative estimate of drug-likeness (QED) is 0.745. The first-order valence-electron chi connectivity index (χ1n) is 6.52. The predicted molar refractivity (Wildman–Crippen MR) is 83.6 cm³/mol. The van der Waals surface area contributed by atoms with Gasteiger partial charge in [-0.15, -0.1) is 11.3 Å². The van der Waals surface area contributed by atoms with E-state index in [-0.39, 0.29) is 6.04 Å². The number of hydrogen-bond acceptors (Lipinski definition) is 2. The Balaban J connectivity index is 1.93. The van der Waals surface area contributed by atoms with Gasteiger partial charge in [0, 0.05) is 15.8 Å².